The summed E-state index contributed by atoms with van der Waals surface area (Å²) in [6.07, 6.45) is 1.49. The van der Waals surface area contributed by atoms with Crippen LogP contribution >= 0.6 is 0 Å². The molecular weight excluding hydrogens is 656 g/mol. The molecule has 0 spiro atoms. The Kier molecular flexibility index (Phi) is 18.4. The molecule has 1 saturated heterocycles. The van der Waals surface area contributed by atoms with Crippen molar-refractivity contribution < 1.29 is 48.6 Å². The van der Waals surface area contributed by atoms with Crippen LogP contribution in [0.5, 0.6) is 0 Å². The van der Waals surface area contributed by atoms with Gasteiger partial charge >= 0.3 is 11.9 Å². The summed E-state index contributed by atoms with van der Waals surface area (Å²) in [4.78, 5) is 103. The first-order valence-corrected chi connectivity index (χ1v) is 17.0. The molecule has 6 amide bonds. The molecular formula is C32H56N8O10. The number of nitrogens with two attached hydrogens (primary N) is 2. The number of hydrogen-bond donors (Lipinski definition) is 9. The van der Waals surface area contributed by atoms with Crippen molar-refractivity contribution in [3.63, 3.8) is 0 Å². The molecule has 284 valence electrons. The second kappa shape index (κ2) is 21.0. The van der Waals surface area contributed by atoms with Gasteiger partial charge in [-0.3, -0.25) is 33.6 Å². The standard InChI is InChI=1S/C32H56N8O10/c1-16(2)14-20(34)28(45)38-22(15-24(41)42)29(46)39-25(17(3)4)31(48)40-13-9-11-23(40)30(47)36-18(5)26(43)35-19(6)27(44)37-21(32(49)50)10-7-8-12-33/h16-23,25H,7-15,33-34H2,1-6H3,(H,35,43)(H,36,47)(H,37,44)(H,38,45)(H,39,46)(H,41,42)(H,49,50)/t18-,19-,20-,21-,22-,23-,25-/m0/s1. The normalized spacial score (nSPS) is 17.9. The fraction of sp³-hybridized carbons (Fsp3) is 0.750. The highest BCUT2D eigenvalue weighted by Gasteiger charge is 2.40. The van der Waals surface area contributed by atoms with Gasteiger partial charge < -0.3 is 53.2 Å². The van der Waals surface area contributed by atoms with E-state index in [0.717, 1.165) is 0 Å². The molecule has 0 aliphatic carbocycles. The molecule has 0 saturated carbocycles. The van der Waals surface area contributed by atoms with Crippen molar-refractivity contribution in [2.75, 3.05) is 13.1 Å². The number of aliphatic carboxylic acids is 2. The molecule has 7 atom stereocenters. The first-order valence-electron chi connectivity index (χ1n) is 17.0. The van der Waals surface area contributed by atoms with Gasteiger partial charge in [-0.15, -0.1) is 0 Å². The lowest BCUT2D eigenvalue weighted by Crippen LogP contribution is -2.60. The quantitative estimate of drug-likeness (QED) is 0.0594. The highest BCUT2D eigenvalue weighted by atomic mass is 16.4. The second-order valence-electron chi connectivity index (χ2n) is 13.5. The Morgan fingerprint density at radius 3 is 1.88 bits per heavy atom. The van der Waals surface area contributed by atoms with Crippen LogP contribution in [0.2, 0.25) is 0 Å². The first kappa shape index (κ1) is 43.7. The van der Waals surface area contributed by atoms with E-state index < -0.39 is 102 Å². The molecule has 0 radical (unpaired) electrons. The van der Waals surface area contributed by atoms with E-state index in [1.54, 1.807) is 13.8 Å². The summed E-state index contributed by atoms with van der Waals surface area (Å²) in [5.41, 5.74) is 11.3. The van der Waals surface area contributed by atoms with Crippen molar-refractivity contribution >= 4 is 47.4 Å². The molecule has 18 nitrogen and oxygen atoms in total. The van der Waals surface area contributed by atoms with Gasteiger partial charge in [0.05, 0.1) is 12.5 Å². The molecule has 0 unspecified atom stereocenters. The maximum atomic E-state index is 13.7. The van der Waals surface area contributed by atoms with Crippen molar-refractivity contribution in [2.24, 2.45) is 23.3 Å². The number of carboxylic acids is 2. The van der Waals surface area contributed by atoms with E-state index in [9.17, 15) is 48.6 Å². The van der Waals surface area contributed by atoms with E-state index in [1.165, 1.54) is 18.7 Å². The number of carbonyl (C=O) groups is 8. The fourth-order valence-electron chi connectivity index (χ4n) is 5.35. The van der Waals surface area contributed by atoms with Gasteiger partial charge in [0.15, 0.2) is 0 Å². The molecule has 18 heteroatoms. The maximum absolute atomic E-state index is 13.7. The number of unbranched alkanes of at least 4 members (excludes halogenated alkanes) is 1. The zero-order chi connectivity index (χ0) is 38.3. The Hall–Kier alpha value is -4.32. The predicted octanol–water partition coefficient (Wildman–Crippen LogP) is -1.84. The van der Waals surface area contributed by atoms with E-state index in [1.807, 2.05) is 13.8 Å². The molecule has 1 aliphatic rings. The van der Waals surface area contributed by atoms with Gasteiger partial charge in [-0.1, -0.05) is 27.7 Å². The number of nitrogens with one attached hydrogen (secondary N) is 5. The van der Waals surface area contributed by atoms with Crippen molar-refractivity contribution in [3.8, 4) is 0 Å². The Bertz CT molecular complexity index is 1230. The molecule has 0 aromatic heterocycles. The summed E-state index contributed by atoms with van der Waals surface area (Å²) < 4.78 is 0. The van der Waals surface area contributed by atoms with Crippen LogP contribution in [0.1, 0.15) is 86.5 Å². The molecule has 1 rings (SSSR count). The van der Waals surface area contributed by atoms with Crippen LogP contribution in [0.3, 0.4) is 0 Å². The van der Waals surface area contributed by atoms with Gasteiger partial charge in [0.1, 0.15) is 36.3 Å². The predicted molar refractivity (Wildman–Crippen MR) is 181 cm³/mol. The Morgan fingerprint density at radius 1 is 0.760 bits per heavy atom. The molecule has 1 heterocycles. The first-order chi connectivity index (χ1) is 23.3. The summed E-state index contributed by atoms with van der Waals surface area (Å²) in [5.74, 6) is -7.33. The lowest BCUT2D eigenvalue weighted by Gasteiger charge is -2.32. The summed E-state index contributed by atoms with van der Waals surface area (Å²) in [5, 5.41) is 31.1. The number of carboxylic acid groups (broad SMARTS) is 2. The van der Waals surface area contributed by atoms with E-state index in [0.29, 0.717) is 32.2 Å². The van der Waals surface area contributed by atoms with Gasteiger partial charge in [0.25, 0.3) is 0 Å². The highest BCUT2D eigenvalue weighted by molar-refractivity contribution is 5.97. The van der Waals surface area contributed by atoms with Gasteiger partial charge in [0.2, 0.25) is 35.4 Å². The summed E-state index contributed by atoms with van der Waals surface area (Å²) in [6, 6.07) is -8.10. The topological polar surface area (TPSA) is 292 Å². The molecule has 1 fully saturated rings. The lowest BCUT2D eigenvalue weighted by molar-refractivity contribution is -0.144. The Balaban J connectivity index is 2.93. The van der Waals surface area contributed by atoms with Crippen LogP contribution in [0.25, 0.3) is 0 Å². The number of hydrogen-bond acceptors (Lipinski definition) is 10. The van der Waals surface area contributed by atoms with Crippen molar-refractivity contribution in [3.05, 3.63) is 0 Å². The number of likely N-dealkylation sites (tertiary alicyclic amines) is 1. The molecule has 11 N–H and O–H groups in total. The minimum absolute atomic E-state index is 0.0683. The van der Waals surface area contributed by atoms with Gasteiger partial charge in [-0.2, -0.15) is 0 Å². The number of rotatable bonds is 21. The van der Waals surface area contributed by atoms with Gasteiger partial charge in [0, 0.05) is 6.54 Å². The zero-order valence-electron chi connectivity index (χ0n) is 29.8. The monoisotopic (exact) mass is 712 g/mol. The fourth-order valence-corrected chi connectivity index (χ4v) is 5.35. The van der Waals surface area contributed by atoms with Crippen LogP contribution in [-0.2, 0) is 38.4 Å². The van der Waals surface area contributed by atoms with E-state index in [2.05, 4.69) is 26.6 Å². The highest BCUT2D eigenvalue weighted by Crippen LogP contribution is 2.21. The smallest absolute Gasteiger partial charge is 0.326 e. The van der Waals surface area contributed by atoms with Crippen LogP contribution in [-0.4, -0.2) is 118 Å². The average molecular weight is 713 g/mol. The zero-order valence-corrected chi connectivity index (χ0v) is 29.8. The molecule has 0 aromatic carbocycles. The second-order valence-corrected chi connectivity index (χ2v) is 13.5. The van der Waals surface area contributed by atoms with Crippen molar-refractivity contribution in [1.82, 2.24) is 31.5 Å². The van der Waals surface area contributed by atoms with Gasteiger partial charge in [-0.05, 0) is 70.8 Å². The van der Waals surface area contributed by atoms with Crippen LogP contribution in [0.15, 0.2) is 0 Å². The number of carbonyl (C=O) groups excluding carboxylic acids is 6. The maximum Gasteiger partial charge on any atom is 0.326 e. The summed E-state index contributed by atoms with van der Waals surface area (Å²) in [6.45, 7) is 10.3. The third-order valence-electron chi connectivity index (χ3n) is 8.21. The van der Waals surface area contributed by atoms with Crippen LogP contribution in [0, 0.1) is 11.8 Å². The van der Waals surface area contributed by atoms with E-state index in [-0.39, 0.29) is 25.3 Å². The molecule has 50 heavy (non-hydrogen) atoms. The number of amides is 6. The van der Waals surface area contributed by atoms with Crippen molar-refractivity contribution in [1.29, 1.82) is 0 Å². The third kappa shape index (κ3) is 14.3. The minimum Gasteiger partial charge on any atom is -0.481 e. The van der Waals surface area contributed by atoms with Crippen molar-refractivity contribution in [2.45, 2.75) is 129 Å². The van der Waals surface area contributed by atoms with E-state index >= 15 is 0 Å². The molecule has 0 aromatic rings. The van der Waals surface area contributed by atoms with Crippen LogP contribution in [0.4, 0.5) is 0 Å². The third-order valence-corrected chi connectivity index (χ3v) is 8.21. The SMILES string of the molecule is CC(C)C[C@H](N)C(=O)N[C@@H](CC(=O)O)C(=O)N[C@H](C(=O)N1CCC[C@H]1C(=O)N[C@@H](C)C(=O)N[C@@H](C)C(=O)N[C@@H](CCCCN)C(=O)O)C(C)C. The largest absolute Gasteiger partial charge is 0.481 e. The minimum atomic E-state index is -1.51. The Labute approximate surface area is 292 Å². The van der Waals surface area contributed by atoms with Crippen LogP contribution < -0.4 is 38.1 Å². The van der Waals surface area contributed by atoms with E-state index in [4.69, 9.17) is 11.5 Å². The summed E-state index contributed by atoms with van der Waals surface area (Å²) in [7, 11) is 0. The molecule has 1 aliphatic heterocycles. The Morgan fingerprint density at radius 2 is 1.34 bits per heavy atom. The van der Waals surface area contributed by atoms with Gasteiger partial charge in [-0.25, -0.2) is 4.79 Å². The lowest BCUT2D eigenvalue weighted by atomic mass is 10.0. The average Bonchev–Trinajstić information content (AvgIpc) is 3.51. The number of nitrogens with zero attached hydrogens (tertiary/aromatic N) is 1. The molecule has 0 bridgehead atoms. The summed E-state index contributed by atoms with van der Waals surface area (Å²) >= 11 is 0.